The molecule has 23 heavy (non-hydrogen) atoms. The summed E-state index contributed by atoms with van der Waals surface area (Å²) in [6.45, 7) is 3.43. The van der Waals surface area contributed by atoms with Gasteiger partial charge in [-0.15, -0.1) is 0 Å². The molecule has 0 radical (unpaired) electrons. The van der Waals surface area contributed by atoms with Crippen LogP contribution in [-0.4, -0.2) is 25.6 Å². The van der Waals surface area contributed by atoms with Gasteiger partial charge < -0.3 is 14.8 Å². The summed E-state index contributed by atoms with van der Waals surface area (Å²) in [6.07, 6.45) is 0. The van der Waals surface area contributed by atoms with Gasteiger partial charge in [0.15, 0.2) is 6.61 Å². The third-order valence-corrected chi connectivity index (χ3v) is 3.53. The third-order valence-electron chi connectivity index (χ3n) is 3.53. The van der Waals surface area contributed by atoms with E-state index in [4.69, 9.17) is 9.47 Å². The van der Waals surface area contributed by atoms with E-state index in [1.165, 1.54) is 0 Å². The first-order valence-corrected chi connectivity index (χ1v) is 7.18. The van der Waals surface area contributed by atoms with Crippen molar-refractivity contribution in [2.24, 2.45) is 0 Å². The number of amides is 1. The van der Waals surface area contributed by atoms with Gasteiger partial charge in [0.25, 0.3) is 5.91 Å². The normalized spacial score (nSPS) is 10.0. The highest BCUT2D eigenvalue weighted by molar-refractivity contribution is 5.96. The van der Waals surface area contributed by atoms with Crippen LogP contribution < -0.4 is 10.1 Å². The predicted octanol–water partition coefficient (Wildman–Crippen LogP) is 3.11. The molecule has 1 amide bonds. The van der Waals surface area contributed by atoms with Crippen LogP contribution in [0.2, 0.25) is 0 Å². The van der Waals surface area contributed by atoms with E-state index >= 15 is 0 Å². The molecule has 2 rings (SSSR count). The van der Waals surface area contributed by atoms with Crippen molar-refractivity contribution in [2.45, 2.75) is 13.8 Å². The molecule has 0 saturated heterocycles. The van der Waals surface area contributed by atoms with Crippen LogP contribution in [0.1, 0.15) is 21.5 Å². The van der Waals surface area contributed by atoms with Crippen LogP contribution >= 0.6 is 0 Å². The molecule has 1 N–H and O–H groups in total. The zero-order valence-corrected chi connectivity index (χ0v) is 13.4. The van der Waals surface area contributed by atoms with Crippen molar-refractivity contribution in [1.82, 2.24) is 0 Å². The Morgan fingerprint density at radius 1 is 1.04 bits per heavy atom. The molecule has 0 bridgehead atoms. The lowest BCUT2D eigenvalue weighted by atomic mass is 10.0. The number of hydrogen-bond donors (Lipinski definition) is 1. The minimum absolute atomic E-state index is 0.335. The molecule has 0 unspecified atom stereocenters. The van der Waals surface area contributed by atoms with Gasteiger partial charge in [0.1, 0.15) is 5.75 Å². The maximum absolute atomic E-state index is 12.0. The van der Waals surface area contributed by atoms with Gasteiger partial charge in [0.05, 0.1) is 12.7 Å². The SMILES string of the molecule is COc1ccc(NC(=O)COC(=O)c2cccc(C)c2C)cc1. The monoisotopic (exact) mass is 313 g/mol. The second-order valence-electron chi connectivity index (χ2n) is 5.10. The molecular formula is C18H19NO4. The number of carbonyl (C=O) groups excluding carboxylic acids is 2. The Kier molecular flexibility index (Phi) is 5.36. The largest absolute Gasteiger partial charge is 0.497 e. The number of nitrogens with one attached hydrogen (secondary N) is 1. The summed E-state index contributed by atoms with van der Waals surface area (Å²) in [6, 6.07) is 12.3. The fraction of sp³-hybridized carbons (Fsp3) is 0.222. The van der Waals surface area contributed by atoms with Gasteiger partial charge in [0.2, 0.25) is 0 Å². The van der Waals surface area contributed by atoms with Gasteiger partial charge in [-0.3, -0.25) is 4.79 Å². The first-order valence-electron chi connectivity index (χ1n) is 7.18. The maximum atomic E-state index is 12.0. The molecule has 2 aromatic rings. The second-order valence-corrected chi connectivity index (χ2v) is 5.10. The molecule has 0 aliphatic carbocycles. The van der Waals surface area contributed by atoms with Crippen molar-refractivity contribution < 1.29 is 19.1 Å². The van der Waals surface area contributed by atoms with Crippen LogP contribution in [0.15, 0.2) is 42.5 Å². The molecule has 0 aliphatic rings. The van der Waals surface area contributed by atoms with Gasteiger partial charge in [0, 0.05) is 5.69 Å². The van der Waals surface area contributed by atoms with E-state index in [-0.39, 0.29) is 6.61 Å². The molecule has 0 fully saturated rings. The summed E-state index contributed by atoms with van der Waals surface area (Å²) in [4.78, 5) is 23.9. The van der Waals surface area contributed by atoms with E-state index in [0.717, 1.165) is 11.1 Å². The van der Waals surface area contributed by atoms with Crippen molar-refractivity contribution in [3.05, 3.63) is 59.2 Å². The third kappa shape index (κ3) is 4.32. The summed E-state index contributed by atoms with van der Waals surface area (Å²) >= 11 is 0. The molecular weight excluding hydrogens is 294 g/mol. The molecule has 5 heteroatoms. The standard InChI is InChI=1S/C18H19NO4/c1-12-5-4-6-16(13(12)2)18(21)23-11-17(20)19-14-7-9-15(22-3)10-8-14/h4-10H,11H2,1-3H3,(H,19,20). The number of methoxy groups -OCH3 is 1. The highest BCUT2D eigenvalue weighted by atomic mass is 16.5. The van der Waals surface area contributed by atoms with Crippen LogP contribution in [0, 0.1) is 13.8 Å². The number of anilines is 1. The summed E-state index contributed by atoms with van der Waals surface area (Å²) in [5.41, 5.74) is 2.94. The van der Waals surface area contributed by atoms with Gasteiger partial charge in [-0.05, 0) is 55.3 Å². The fourth-order valence-corrected chi connectivity index (χ4v) is 2.05. The fourth-order valence-electron chi connectivity index (χ4n) is 2.05. The molecule has 0 aliphatic heterocycles. The maximum Gasteiger partial charge on any atom is 0.338 e. The van der Waals surface area contributed by atoms with E-state index in [1.54, 1.807) is 43.5 Å². The summed E-state index contributed by atoms with van der Waals surface area (Å²) in [7, 11) is 1.57. The average molecular weight is 313 g/mol. The number of esters is 1. The highest BCUT2D eigenvalue weighted by Gasteiger charge is 2.13. The number of benzene rings is 2. The van der Waals surface area contributed by atoms with E-state index in [1.807, 2.05) is 19.9 Å². The second kappa shape index (κ2) is 7.45. The zero-order valence-electron chi connectivity index (χ0n) is 13.4. The van der Waals surface area contributed by atoms with Gasteiger partial charge in [-0.1, -0.05) is 12.1 Å². The minimum Gasteiger partial charge on any atom is -0.497 e. The van der Waals surface area contributed by atoms with Crippen molar-refractivity contribution in [3.8, 4) is 5.75 Å². The van der Waals surface area contributed by atoms with Gasteiger partial charge in [-0.2, -0.15) is 0 Å². The zero-order chi connectivity index (χ0) is 16.8. The number of carbonyl (C=O) groups is 2. The van der Waals surface area contributed by atoms with Crippen LogP contribution in [0.25, 0.3) is 0 Å². The number of rotatable bonds is 5. The number of aryl methyl sites for hydroxylation is 1. The van der Waals surface area contributed by atoms with Crippen molar-refractivity contribution in [2.75, 3.05) is 19.0 Å². The smallest absolute Gasteiger partial charge is 0.338 e. The van der Waals surface area contributed by atoms with Crippen molar-refractivity contribution in [3.63, 3.8) is 0 Å². The Bertz CT molecular complexity index is 707. The Morgan fingerprint density at radius 3 is 2.39 bits per heavy atom. The van der Waals surface area contributed by atoms with E-state index in [9.17, 15) is 9.59 Å². The van der Waals surface area contributed by atoms with Crippen LogP contribution in [0.4, 0.5) is 5.69 Å². The molecule has 0 spiro atoms. The number of hydrogen-bond acceptors (Lipinski definition) is 4. The quantitative estimate of drug-likeness (QED) is 0.861. The minimum atomic E-state index is -0.504. The molecule has 0 aromatic heterocycles. The lowest BCUT2D eigenvalue weighted by molar-refractivity contribution is -0.119. The van der Waals surface area contributed by atoms with E-state index in [0.29, 0.717) is 17.0 Å². The number of ether oxygens (including phenoxy) is 2. The van der Waals surface area contributed by atoms with Crippen molar-refractivity contribution in [1.29, 1.82) is 0 Å². The van der Waals surface area contributed by atoms with Crippen molar-refractivity contribution >= 4 is 17.6 Å². The van der Waals surface area contributed by atoms with E-state index in [2.05, 4.69) is 5.32 Å². The van der Waals surface area contributed by atoms with E-state index < -0.39 is 11.9 Å². The summed E-state index contributed by atoms with van der Waals surface area (Å²) in [5.74, 6) is -0.200. The summed E-state index contributed by atoms with van der Waals surface area (Å²) < 4.78 is 10.1. The molecule has 2 aromatic carbocycles. The molecule has 0 heterocycles. The lowest BCUT2D eigenvalue weighted by Gasteiger charge is -2.09. The Hall–Kier alpha value is -2.82. The lowest BCUT2D eigenvalue weighted by Crippen LogP contribution is -2.21. The topological polar surface area (TPSA) is 64.6 Å². The average Bonchev–Trinajstić information content (AvgIpc) is 2.56. The predicted molar refractivity (Wildman–Crippen MR) is 87.8 cm³/mol. The Balaban J connectivity index is 1.90. The first-order chi connectivity index (χ1) is 11.0. The van der Waals surface area contributed by atoms with Crippen LogP contribution in [0.3, 0.4) is 0 Å². The molecule has 120 valence electrons. The first kappa shape index (κ1) is 16.5. The summed E-state index contributed by atoms with van der Waals surface area (Å²) in [5, 5.41) is 2.65. The Labute approximate surface area is 135 Å². The molecule has 0 atom stereocenters. The van der Waals surface area contributed by atoms with Crippen LogP contribution in [0.5, 0.6) is 5.75 Å². The highest BCUT2D eigenvalue weighted by Crippen LogP contribution is 2.15. The van der Waals surface area contributed by atoms with Crippen LogP contribution in [-0.2, 0) is 9.53 Å². The molecule has 5 nitrogen and oxygen atoms in total. The molecule has 0 saturated carbocycles. The Morgan fingerprint density at radius 2 is 1.74 bits per heavy atom. The van der Waals surface area contributed by atoms with Gasteiger partial charge >= 0.3 is 5.97 Å². The van der Waals surface area contributed by atoms with Gasteiger partial charge in [-0.25, -0.2) is 4.79 Å².